The summed E-state index contributed by atoms with van der Waals surface area (Å²) in [7, 11) is 0. The van der Waals surface area contributed by atoms with E-state index in [0.717, 1.165) is 22.4 Å². The van der Waals surface area contributed by atoms with Gasteiger partial charge in [0.2, 0.25) is 0 Å². The van der Waals surface area contributed by atoms with Crippen LogP contribution in [0.3, 0.4) is 0 Å². The number of halogens is 1. The van der Waals surface area contributed by atoms with Crippen LogP contribution >= 0.6 is 15.9 Å². The second-order valence-corrected chi connectivity index (χ2v) is 4.84. The minimum absolute atomic E-state index is 0.362. The molecule has 1 heterocycles. The highest BCUT2D eigenvalue weighted by Crippen LogP contribution is 2.30. The van der Waals surface area contributed by atoms with Crippen LogP contribution in [0.2, 0.25) is 0 Å². The van der Waals surface area contributed by atoms with E-state index in [0.29, 0.717) is 18.0 Å². The molecule has 0 saturated heterocycles. The van der Waals surface area contributed by atoms with Crippen molar-refractivity contribution in [3.05, 3.63) is 34.3 Å². The lowest BCUT2D eigenvalue weighted by molar-refractivity contribution is 0.287. The minimum atomic E-state index is 0.362. The summed E-state index contributed by atoms with van der Waals surface area (Å²) in [5, 5.41) is 4.09. The van der Waals surface area contributed by atoms with Crippen molar-refractivity contribution in [1.82, 2.24) is 14.8 Å². The molecule has 0 saturated carbocycles. The van der Waals surface area contributed by atoms with Crippen molar-refractivity contribution in [2.45, 2.75) is 27.0 Å². The molecule has 18 heavy (non-hydrogen) atoms. The van der Waals surface area contributed by atoms with Gasteiger partial charge in [-0.25, -0.2) is 9.67 Å². The number of anilines is 1. The molecule has 5 nitrogen and oxygen atoms in total. The van der Waals surface area contributed by atoms with Gasteiger partial charge in [0.25, 0.3) is 0 Å². The quantitative estimate of drug-likeness (QED) is 0.881. The number of ether oxygens (including phenoxy) is 1. The Morgan fingerprint density at radius 1 is 1.44 bits per heavy atom. The van der Waals surface area contributed by atoms with Crippen LogP contribution in [0, 0.1) is 6.92 Å². The topological polar surface area (TPSA) is 66.0 Å². The van der Waals surface area contributed by atoms with Crippen molar-refractivity contribution < 1.29 is 4.74 Å². The van der Waals surface area contributed by atoms with E-state index in [-0.39, 0.29) is 0 Å². The molecule has 2 N–H and O–H groups in total. The summed E-state index contributed by atoms with van der Waals surface area (Å²) in [5.41, 5.74) is 7.54. The zero-order valence-corrected chi connectivity index (χ0v) is 11.9. The summed E-state index contributed by atoms with van der Waals surface area (Å²) >= 11 is 3.40. The molecule has 0 bridgehead atoms. The lowest BCUT2D eigenvalue weighted by Gasteiger charge is -2.12. The number of rotatable bonds is 4. The van der Waals surface area contributed by atoms with E-state index in [1.165, 1.54) is 6.33 Å². The largest absolute Gasteiger partial charge is 0.483 e. The molecule has 1 aromatic heterocycles. The van der Waals surface area contributed by atoms with Gasteiger partial charge in [-0.1, -0.05) is 15.9 Å². The molecule has 0 aliphatic carbocycles. The highest BCUT2D eigenvalue weighted by Gasteiger charge is 2.09. The van der Waals surface area contributed by atoms with Gasteiger partial charge in [0.1, 0.15) is 18.7 Å². The van der Waals surface area contributed by atoms with Crippen molar-refractivity contribution in [1.29, 1.82) is 0 Å². The number of aromatic nitrogens is 3. The molecule has 1 aromatic carbocycles. The van der Waals surface area contributed by atoms with E-state index >= 15 is 0 Å². The summed E-state index contributed by atoms with van der Waals surface area (Å²) < 4.78 is 8.48. The van der Waals surface area contributed by atoms with Gasteiger partial charge in [-0.3, -0.25) is 0 Å². The average molecular weight is 311 g/mol. The van der Waals surface area contributed by atoms with Crippen LogP contribution in [-0.2, 0) is 13.2 Å². The third-order valence-corrected chi connectivity index (χ3v) is 3.07. The molecule has 0 radical (unpaired) electrons. The van der Waals surface area contributed by atoms with Crippen LogP contribution in [0.25, 0.3) is 0 Å². The lowest BCUT2D eigenvalue weighted by Crippen LogP contribution is -2.08. The Balaban J connectivity index is 2.16. The molecule has 96 valence electrons. The summed E-state index contributed by atoms with van der Waals surface area (Å²) in [5.74, 6) is 1.49. The number of hydrogen-bond donors (Lipinski definition) is 1. The van der Waals surface area contributed by atoms with Crippen LogP contribution in [0.5, 0.6) is 5.75 Å². The van der Waals surface area contributed by atoms with Crippen molar-refractivity contribution in [3.63, 3.8) is 0 Å². The molecule has 0 aliphatic heterocycles. The third-order valence-electron chi connectivity index (χ3n) is 2.61. The first-order valence-electron chi connectivity index (χ1n) is 5.67. The zero-order valence-electron chi connectivity index (χ0n) is 10.4. The molecule has 0 fully saturated rings. The maximum Gasteiger partial charge on any atom is 0.164 e. The predicted molar refractivity (Wildman–Crippen MR) is 73.3 cm³/mol. The number of nitrogens with two attached hydrogens (primary N) is 1. The molecule has 0 amide bonds. The molecular weight excluding hydrogens is 296 g/mol. The van der Waals surface area contributed by atoms with Crippen LogP contribution in [0.4, 0.5) is 5.69 Å². The number of aryl methyl sites for hydroxylation is 2. The maximum atomic E-state index is 5.93. The maximum absolute atomic E-state index is 5.93. The van der Waals surface area contributed by atoms with Gasteiger partial charge >= 0.3 is 0 Å². The van der Waals surface area contributed by atoms with Gasteiger partial charge in [0, 0.05) is 11.0 Å². The third kappa shape index (κ3) is 2.64. The van der Waals surface area contributed by atoms with Crippen LogP contribution < -0.4 is 10.5 Å². The summed E-state index contributed by atoms with van der Waals surface area (Å²) in [6, 6.07) is 3.79. The van der Waals surface area contributed by atoms with Gasteiger partial charge in [-0.15, -0.1) is 0 Å². The first-order valence-corrected chi connectivity index (χ1v) is 6.46. The summed E-state index contributed by atoms with van der Waals surface area (Å²) in [6.45, 7) is 5.10. The molecule has 2 aromatic rings. The second kappa shape index (κ2) is 5.39. The Kier molecular flexibility index (Phi) is 3.86. The molecule has 0 spiro atoms. The summed E-state index contributed by atoms with van der Waals surface area (Å²) in [6.07, 6.45) is 1.53. The van der Waals surface area contributed by atoms with E-state index in [1.54, 1.807) is 4.68 Å². The van der Waals surface area contributed by atoms with Crippen molar-refractivity contribution in [3.8, 4) is 5.75 Å². The Hall–Kier alpha value is -1.56. The van der Waals surface area contributed by atoms with E-state index in [2.05, 4.69) is 26.0 Å². The minimum Gasteiger partial charge on any atom is -0.483 e. The van der Waals surface area contributed by atoms with Gasteiger partial charge in [-0.05, 0) is 31.5 Å². The van der Waals surface area contributed by atoms with Gasteiger partial charge in [0.15, 0.2) is 5.82 Å². The van der Waals surface area contributed by atoms with E-state index < -0.39 is 0 Å². The standard InChI is InChI=1S/C12H15BrN4O/c1-3-17-11(15-7-16-17)6-18-12-8(2)4-9(13)5-10(12)14/h4-5,7H,3,6,14H2,1-2H3. The number of nitrogens with zero attached hydrogens (tertiary/aromatic N) is 3. The molecule has 0 aliphatic rings. The van der Waals surface area contributed by atoms with Crippen molar-refractivity contribution in [2.75, 3.05) is 5.73 Å². The molecular formula is C12H15BrN4O. The Morgan fingerprint density at radius 2 is 2.22 bits per heavy atom. The van der Waals surface area contributed by atoms with Crippen LogP contribution in [0.1, 0.15) is 18.3 Å². The monoisotopic (exact) mass is 310 g/mol. The number of benzene rings is 1. The smallest absolute Gasteiger partial charge is 0.164 e. The summed E-state index contributed by atoms with van der Waals surface area (Å²) in [4.78, 5) is 4.16. The predicted octanol–water partition coefficient (Wildman–Crippen LogP) is 2.53. The van der Waals surface area contributed by atoms with Crippen molar-refractivity contribution >= 4 is 21.6 Å². The zero-order chi connectivity index (χ0) is 13.1. The average Bonchev–Trinajstić information content (AvgIpc) is 2.75. The first-order chi connectivity index (χ1) is 8.61. The number of nitrogen functional groups attached to an aromatic ring is 1. The molecule has 0 atom stereocenters. The highest BCUT2D eigenvalue weighted by molar-refractivity contribution is 9.10. The highest BCUT2D eigenvalue weighted by atomic mass is 79.9. The second-order valence-electron chi connectivity index (χ2n) is 3.92. The first kappa shape index (κ1) is 12.9. The molecule has 2 rings (SSSR count). The van der Waals surface area contributed by atoms with Gasteiger partial charge < -0.3 is 10.5 Å². The van der Waals surface area contributed by atoms with Gasteiger partial charge in [0.05, 0.1) is 5.69 Å². The lowest BCUT2D eigenvalue weighted by atomic mass is 10.2. The van der Waals surface area contributed by atoms with E-state index in [4.69, 9.17) is 10.5 Å². The normalized spacial score (nSPS) is 10.6. The molecule has 6 heteroatoms. The fourth-order valence-electron chi connectivity index (χ4n) is 1.75. The van der Waals surface area contributed by atoms with E-state index in [1.807, 2.05) is 26.0 Å². The molecule has 0 unspecified atom stereocenters. The number of hydrogen-bond acceptors (Lipinski definition) is 4. The SMILES string of the molecule is CCn1ncnc1COc1c(C)cc(Br)cc1N. The van der Waals surface area contributed by atoms with Crippen LogP contribution in [-0.4, -0.2) is 14.8 Å². The van der Waals surface area contributed by atoms with Crippen molar-refractivity contribution in [2.24, 2.45) is 0 Å². The van der Waals surface area contributed by atoms with Crippen LogP contribution in [0.15, 0.2) is 22.9 Å². The Morgan fingerprint density at radius 3 is 2.89 bits per heavy atom. The fourth-order valence-corrected chi connectivity index (χ4v) is 2.34. The fraction of sp³-hybridized carbons (Fsp3) is 0.333. The Labute approximate surface area is 114 Å². The Bertz CT molecular complexity index is 530. The van der Waals surface area contributed by atoms with Gasteiger partial charge in [-0.2, -0.15) is 5.10 Å². The van der Waals surface area contributed by atoms with E-state index in [9.17, 15) is 0 Å².